The highest BCUT2D eigenvalue weighted by molar-refractivity contribution is 7.90. The van der Waals surface area contributed by atoms with Gasteiger partial charge in [-0.05, 0) is 48.7 Å². The normalized spacial score (nSPS) is 14.2. The molecular weight excluding hydrogens is 350 g/mol. The third-order valence-electron chi connectivity index (χ3n) is 4.64. The Hall–Kier alpha value is -2.38. The summed E-state index contributed by atoms with van der Waals surface area (Å²) < 4.78 is 26.8. The SMILES string of the molecule is CN(C)S(=O)(=O)N(C)c1ccc(C(=O)N2CCCc3ccccc32)cc1. The molecule has 1 aliphatic rings. The summed E-state index contributed by atoms with van der Waals surface area (Å²) in [5.74, 6) is -0.0678. The predicted molar refractivity (Wildman–Crippen MR) is 104 cm³/mol. The van der Waals surface area contributed by atoms with Crippen molar-refractivity contribution in [2.75, 3.05) is 36.9 Å². The third kappa shape index (κ3) is 3.32. The van der Waals surface area contributed by atoms with E-state index in [0.29, 0.717) is 17.8 Å². The molecule has 138 valence electrons. The lowest BCUT2D eigenvalue weighted by Crippen LogP contribution is -2.37. The minimum atomic E-state index is -3.55. The van der Waals surface area contributed by atoms with Crippen molar-refractivity contribution in [3.8, 4) is 0 Å². The molecule has 0 unspecified atom stereocenters. The van der Waals surface area contributed by atoms with Crippen LogP contribution < -0.4 is 9.21 Å². The molecule has 0 saturated carbocycles. The average molecular weight is 373 g/mol. The van der Waals surface area contributed by atoms with Crippen LogP contribution in [-0.2, 0) is 16.6 Å². The van der Waals surface area contributed by atoms with E-state index >= 15 is 0 Å². The summed E-state index contributed by atoms with van der Waals surface area (Å²) in [5.41, 5.74) is 3.19. The summed E-state index contributed by atoms with van der Waals surface area (Å²) in [5, 5.41) is 0. The number of aryl methyl sites for hydroxylation is 1. The lowest BCUT2D eigenvalue weighted by molar-refractivity contribution is 0.0985. The molecule has 0 spiro atoms. The monoisotopic (exact) mass is 373 g/mol. The zero-order chi connectivity index (χ0) is 18.9. The van der Waals surface area contributed by atoms with Crippen molar-refractivity contribution < 1.29 is 13.2 Å². The predicted octanol–water partition coefficient (Wildman–Crippen LogP) is 2.52. The van der Waals surface area contributed by atoms with Gasteiger partial charge in [0, 0.05) is 38.9 Å². The molecule has 0 bridgehead atoms. The lowest BCUT2D eigenvalue weighted by atomic mass is 10.0. The van der Waals surface area contributed by atoms with Crippen LogP contribution in [0.25, 0.3) is 0 Å². The Labute approximate surface area is 154 Å². The summed E-state index contributed by atoms with van der Waals surface area (Å²) in [4.78, 5) is 14.7. The van der Waals surface area contributed by atoms with Crippen molar-refractivity contribution in [2.45, 2.75) is 12.8 Å². The number of nitrogens with zero attached hydrogens (tertiary/aromatic N) is 3. The van der Waals surface area contributed by atoms with Crippen LogP contribution in [-0.4, -0.2) is 46.3 Å². The highest BCUT2D eigenvalue weighted by Crippen LogP contribution is 2.28. The van der Waals surface area contributed by atoms with Gasteiger partial charge in [-0.2, -0.15) is 12.7 Å². The molecule has 0 aliphatic carbocycles. The molecule has 0 fully saturated rings. The minimum absolute atomic E-state index is 0.0678. The van der Waals surface area contributed by atoms with Gasteiger partial charge in [-0.15, -0.1) is 0 Å². The minimum Gasteiger partial charge on any atom is -0.308 e. The van der Waals surface area contributed by atoms with Gasteiger partial charge >= 0.3 is 10.2 Å². The number of hydrogen-bond donors (Lipinski definition) is 0. The molecule has 2 aromatic rings. The van der Waals surface area contributed by atoms with E-state index in [1.807, 2.05) is 18.2 Å². The summed E-state index contributed by atoms with van der Waals surface area (Å²) in [6, 6.07) is 14.6. The van der Waals surface area contributed by atoms with Crippen molar-refractivity contribution >= 4 is 27.5 Å². The number of carbonyl (C=O) groups is 1. The van der Waals surface area contributed by atoms with Crippen molar-refractivity contribution in [3.05, 3.63) is 59.7 Å². The largest absolute Gasteiger partial charge is 0.308 e. The highest BCUT2D eigenvalue weighted by Gasteiger charge is 2.24. The zero-order valence-electron chi connectivity index (χ0n) is 15.2. The van der Waals surface area contributed by atoms with Gasteiger partial charge in [0.1, 0.15) is 0 Å². The second-order valence-corrected chi connectivity index (χ2v) is 8.67. The van der Waals surface area contributed by atoms with Gasteiger partial charge in [0.2, 0.25) is 0 Å². The number of anilines is 2. The maximum atomic E-state index is 12.9. The van der Waals surface area contributed by atoms with E-state index < -0.39 is 10.2 Å². The second kappa shape index (κ2) is 7.09. The molecule has 26 heavy (non-hydrogen) atoms. The molecule has 7 heteroatoms. The van der Waals surface area contributed by atoms with Crippen LogP contribution in [0.5, 0.6) is 0 Å². The standard InChI is InChI=1S/C19H23N3O3S/c1-20(2)26(24,25)21(3)17-12-10-16(11-13-17)19(23)22-14-6-8-15-7-4-5-9-18(15)22/h4-5,7,9-13H,6,8,14H2,1-3H3. The van der Waals surface area contributed by atoms with E-state index in [4.69, 9.17) is 0 Å². The smallest absolute Gasteiger partial charge is 0.303 e. The first-order valence-corrected chi connectivity index (χ1v) is 9.88. The Morgan fingerprint density at radius 3 is 2.31 bits per heavy atom. The molecule has 0 N–H and O–H groups in total. The first-order chi connectivity index (χ1) is 12.3. The quantitative estimate of drug-likeness (QED) is 0.827. The Bertz CT molecular complexity index is 908. The van der Waals surface area contributed by atoms with Gasteiger partial charge in [0.25, 0.3) is 5.91 Å². The van der Waals surface area contributed by atoms with Gasteiger partial charge in [0.15, 0.2) is 0 Å². The molecule has 2 aromatic carbocycles. The lowest BCUT2D eigenvalue weighted by Gasteiger charge is -2.29. The van der Waals surface area contributed by atoms with E-state index in [9.17, 15) is 13.2 Å². The Morgan fingerprint density at radius 1 is 1.00 bits per heavy atom. The van der Waals surface area contributed by atoms with Crippen LogP contribution >= 0.6 is 0 Å². The molecule has 6 nitrogen and oxygen atoms in total. The fraction of sp³-hybridized carbons (Fsp3) is 0.316. The summed E-state index contributed by atoms with van der Waals surface area (Å²) in [6.45, 7) is 0.687. The summed E-state index contributed by atoms with van der Waals surface area (Å²) in [6.07, 6.45) is 1.91. The topological polar surface area (TPSA) is 60.9 Å². The highest BCUT2D eigenvalue weighted by atomic mass is 32.2. The maximum absolute atomic E-state index is 12.9. The fourth-order valence-corrected chi connectivity index (χ4v) is 3.97. The molecule has 1 amide bonds. The second-order valence-electron chi connectivity index (χ2n) is 6.49. The van der Waals surface area contributed by atoms with Crippen LogP contribution in [0.15, 0.2) is 48.5 Å². The Kier molecular flexibility index (Phi) is 5.02. The van der Waals surface area contributed by atoms with E-state index in [2.05, 4.69) is 6.07 Å². The van der Waals surface area contributed by atoms with Gasteiger partial charge in [-0.1, -0.05) is 18.2 Å². The summed E-state index contributed by atoms with van der Waals surface area (Å²) >= 11 is 0. The number of hydrogen-bond acceptors (Lipinski definition) is 3. The molecule has 3 rings (SSSR count). The number of benzene rings is 2. The molecule has 0 saturated heterocycles. The van der Waals surface area contributed by atoms with Crippen LogP contribution in [0.2, 0.25) is 0 Å². The molecular formula is C19H23N3O3S. The van der Waals surface area contributed by atoms with E-state index in [-0.39, 0.29) is 5.91 Å². The fourth-order valence-electron chi connectivity index (χ4n) is 3.09. The molecule has 1 heterocycles. The van der Waals surface area contributed by atoms with E-state index in [1.165, 1.54) is 31.0 Å². The van der Waals surface area contributed by atoms with Gasteiger partial charge in [-0.3, -0.25) is 9.10 Å². The number of carbonyl (C=O) groups excluding carboxylic acids is 1. The van der Waals surface area contributed by atoms with Crippen LogP contribution in [0.1, 0.15) is 22.3 Å². The number of para-hydroxylation sites is 1. The average Bonchev–Trinajstić information content (AvgIpc) is 2.66. The summed E-state index contributed by atoms with van der Waals surface area (Å²) in [7, 11) is 0.908. The van der Waals surface area contributed by atoms with Crippen molar-refractivity contribution in [2.24, 2.45) is 0 Å². The van der Waals surface area contributed by atoms with E-state index in [0.717, 1.165) is 22.8 Å². The number of amides is 1. The van der Waals surface area contributed by atoms with Gasteiger partial charge in [0.05, 0.1) is 5.69 Å². The van der Waals surface area contributed by atoms with Crippen LogP contribution in [0, 0.1) is 0 Å². The number of rotatable bonds is 4. The van der Waals surface area contributed by atoms with Gasteiger partial charge in [-0.25, -0.2) is 0 Å². The maximum Gasteiger partial charge on any atom is 0.303 e. The molecule has 0 radical (unpaired) electrons. The molecule has 0 aromatic heterocycles. The Balaban J connectivity index is 1.85. The van der Waals surface area contributed by atoms with Crippen LogP contribution in [0.4, 0.5) is 11.4 Å². The third-order valence-corrected chi connectivity index (χ3v) is 6.47. The molecule has 0 atom stereocenters. The molecule has 1 aliphatic heterocycles. The van der Waals surface area contributed by atoms with Crippen molar-refractivity contribution in [1.82, 2.24) is 4.31 Å². The number of fused-ring (bicyclic) bond motifs is 1. The van der Waals surface area contributed by atoms with Gasteiger partial charge < -0.3 is 4.90 Å². The van der Waals surface area contributed by atoms with Crippen molar-refractivity contribution in [1.29, 1.82) is 0 Å². The zero-order valence-corrected chi connectivity index (χ0v) is 16.0. The first kappa shape index (κ1) is 18.4. The van der Waals surface area contributed by atoms with Crippen LogP contribution in [0.3, 0.4) is 0 Å². The first-order valence-electron chi connectivity index (χ1n) is 8.48. The van der Waals surface area contributed by atoms with Crippen molar-refractivity contribution in [3.63, 3.8) is 0 Å². The Morgan fingerprint density at radius 2 is 1.65 bits per heavy atom. The van der Waals surface area contributed by atoms with E-state index in [1.54, 1.807) is 29.2 Å².